The van der Waals surface area contributed by atoms with Gasteiger partial charge in [0.15, 0.2) is 0 Å². The van der Waals surface area contributed by atoms with Crippen LogP contribution in [0.2, 0.25) is 0 Å². The molecule has 1 aliphatic rings. The molecule has 114 valence electrons. The quantitative estimate of drug-likeness (QED) is 0.810. The van der Waals surface area contributed by atoms with E-state index < -0.39 is 11.9 Å². The highest BCUT2D eigenvalue weighted by Crippen LogP contribution is 2.43. The maximum absolute atomic E-state index is 12.0. The molecule has 0 fully saturated rings. The summed E-state index contributed by atoms with van der Waals surface area (Å²) in [6, 6.07) is 8.28. The van der Waals surface area contributed by atoms with Crippen molar-refractivity contribution in [2.24, 2.45) is 0 Å². The van der Waals surface area contributed by atoms with Crippen LogP contribution >= 0.6 is 23.5 Å². The number of nitrogens with one attached hydrogen (secondary N) is 1. The van der Waals surface area contributed by atoms with Crippen molar-refractivity contribution in [2.75, 3.05) is 12.9 Å². The van der Waals surface area contributed by atoms with E-state index in [2.05, 4.69) is 10.1 Å². The molecule has 1 aliphatic heterocycles. The fourth-order valence-electron chi connectivity index (χ4n) is 1.67. The molecule has 0 bridgehead atoms. The van der Waals surface area contributed by atoms with E-state index >= 15 is 0 Å². The third-order valence-electron chi connectivity index (χ3n) is 2.77. The molecule has 8 heteroatoms. The van der Waals surface area contributed by atoms with Crippen molar-refractivity contribution in [1.29, 1.82) is 5.26 Å². The predicted octanol–water partition coefficient (Wildman–Crippen LogP) is 1.90. The summed E-state index contributed by atoms with van der Waals surface area (Å²) in [5.41, 5.74) is 0.776. The molecule has 0 saturated carbocycles. The van der Waals surface area contributed by atoms with Crippen molar-refractivity contribution in [3.63, 3.8) is 0 Å². The lowest BCUT2D eigenvalue weighted by Gasteiger charge is -2.25. The molecule has 2 N–H and O–H groups in total. The smallest absolute Gasteiger partial charge is 0.316 e. The molecule has 1 aromatic rings. The number of hydrogen-bond acceptors (Lipinski definition) is 7. The van der Waals surface area contributed by atoms with Crippen LogP contribution in [0.1, 0.15) is 10.9 Å². The van der Waals surface area contributed by atoms with Crippen LogP contribution < -0.4 is 5.32 Å². The topological polar surface area (TPSA) is 99.4 Å². The average molecular weight is 336 g/mol. The van der Waals surface area contributed by atoms with Crippen molar-refractivity contribution in [2.45, 2.75) is 5.37 Å². The molecule has 0 aliphatic carbocycles. The number of hydrogen-bond donors (Lipinski definition) is 2. The Morgan fingerprint density at radius 3 is 2.77 bits per heavy atom. The summed E-state index contributed by atoms with van der Waals surface area (Å²) in [7, 11) is 1.28. The molecule has 1 aromatic carbocycles. The van der Waals surface area contributed by atoms with E-state index in [1.807, 2.05) is 6.07 Å². The summed E-state index contributed by atoms with van der Waals surface area (Å²) in [5, 5.41) is 20.7. The number of phenols is 1. The van der Waals surface area contributed by atoms with Crippen LogP contribution in [0.3, 0.4) is 0 Å². The third kappa shape index (κ3) is 3.75. The van der Waals surface area contributed by atoms with Crippen molar-refractivity contribution in [3.05, 3.63) is 39.6 Å². The van der Waals surface area contributed by atoms with Crippen molar-refractivity contribution in [1.82, 2.24) is 5.32 Å². The highest BCUT2D eigenvalue weighted by atomic mass is 32.2. The van der Waals surface area contributed by atoms with E-state index in [1.165, 1.54) is 31.0 Å². The Kier molecular flexibility index (Phi) is 5.35. The number of ether oxygens (including phenoxy) is 1. The van der Waals surface area contributed by atoms with Crippen LogP contribution in [-0.4, -0.2) is 29.8 Å². The van der Waals surface area contributed by atoms with Gasteiger partial charge in [-0.1, -0.05) is 23.9 Å². The minimum atomic E-state index is -0.480. The summed E-state index contributed by atoms with van der Waals surface area (Å²) < 4.78 is 5.04. The summed E-state index contributed by atoms with van der Waals surface area (Å²) in [5.74, 6) is -0.752. The van der Waals surface area contributed by atoms with E-state index in [1.54, 1.807) is 12.1 Å². The monoisotopic (exact) mass is 336 g/mol. The van der Waals surface area contributed by atoms with Gasteiger partial charge in [-0.15, -0.1) is 11.8 Å². The number of esters is 1. The second-order valence-electron chi connectivity index (χ2n) is 4.20. The number of nitriles is 1. The van der Waals surface area contributed by atoms with Gasteiger partial charge in [-0.3, -0.25) is 9.59 Å². The Morgan fingerprint density at radius 2 is 2.18 bits per heavy atom. The molecule has 22 heavy (non-hydrogen) atoms. The van der Waals surface area contributed by atoms with Crippen LogP contribution in [0.4, 0.5) is 0 Å². The van der Waals surface area contributed by atoms with Gasteiger partial charge in [0.1, 0.15) is 22.8 Å². The fraction of sp³-hybridized carbons (Fsp3) is 0.214. The summed E-state index contributed by atoms with van der Waals surface area (Å²) in [6.07, 6.45) is 0. The lowest BCUT2D eigenvalue weighted by Crippen LogP contribution is -2.31. The Labute approximate surface area is 135 Å². The van der Waals surface area contributed by atoms with Gasteiger partial charge in [-0.05, 0) is 17.7 Å². The molecular formula is C14H12N2O4S2. The lowest BCUT2D eigenvalue weighted by atomic mass is 10.2. The number of rotatable bonds is 4. The molecular weight excluding hydrogens is 324 g/mol. The van der Waals surface area contributed by atoms with Gasteiger partial charge < -0.3 is 15.2 Å². The zero-order chi connectivity index (χ0) is 16.1. The van der Waals surface area contributed by atoms with Crippen molar-refractivity contribution >= 4 is 35.4 Å². The minimum Gasteiger partial charge on any atom is -0.508 e. The number of carbonyl (C=O) groups excluding carboxylic acids is 2. The van der Waals surface area contributed by atoms with Gasteiger partial charge in [0, 0.05) is 0 Å². The fourth-order valence-corrected chi connectivity index (χ4v) is 3.98. The van der Waals surface area contributed by atoms with Gasteiger partial charge in [0.25, 0.3) is 5.91 Å². The third-order valence-corrected chi connectivity index (χ3v) is 5.31. The zero-order valence-corrected chi connectivity index (χ0v) is 13.2. The molecule has 2 rings (SSSR count). The predicted molar refractivity (Wildman–Crippen MR) is 83.7 cm³/mol. The van der Waals surface area contributed by atoms with Crippen molar-refractivity contribution < 1.29 is 19.4 Å². The first kappa shape index (κ1) is 16.3. The maximum atomic E-state index is 12.0. The van der Waals surface area contributed by atoms with Crippen LogP contribution in [0.15, 0.2) is 34.1 Å². The van der Waals surface area contributed by atoms with E-state index in [0.29, 0.717) is 4.24 Å². The zero-order valence-electron chi connectivity index (χ0n) is 11.5. The summed E-state index contributed by atoms with van der Waals surface area (Å²) >= 11 is 2.38. The standard InChI is InChI=1S/C14H12N2O4S2/c1-20-11(18)7-21-14-10(6-15)12(19)16-13(22-14)8-2-4-9(17)5-3-8/h2-5,13,17H,7H2,1H3,(H,16,19)/t13-/m1/s1. The maximum Gasteiger partial charge on any atom is 0.316 e. The largest absolute Gasteiger partial charge is 0.508 e. The highest BCUT2D eigenvalue weighted by molar-refractivity contribution is 8.22. The van der Waals surface area contributed by atoms with Crippen LogP contribution in [0.25, 0.3) is 0 Å². The second kappa shape index (κ2) is 7.24. The van der Waals surface area contributed by atoms with Gasteiger partial charge >= 0.3 is 5.97 Å². The number of phenolic OH excluding ortho intramolecular Hbond substituents is 1. The molecule has 0 spiro atoms. The number of aromatic hydroxyl groups is 1. The number of thioether (sulfide) groups is 2. The number of amides is 1. The molecule has 0 unspecified atom stereocenters. The molecule has 6 nitrogen and oxygen atoms in total. The Hall–Kier alpha value is -2.11. The lowest BCUT2D eigenvalue weighted by molar-refractivity contribution is -0.137. The molecule has 0 saturated heterocycles. The molecule has 1 heterocycles. The van der Waals surface area contributed by atoms with E-state index in [4.69, 9.17) is 5.26 Å². The van der Waals surface area contributed by atoms with Gasteiger partial charge in [0.2, 0.25) is 0 Å². The number of benzene rings is 1. The average Bonchev–Trinajstić information content (AvgIpc) is 2.52. The first-order valence-electron chi connectivity index (χ1n) is 6.15. The first-order valence-corrected chi connectivity index (χ1v) is 8.02. The summed E-state index contributed by atoms with van der Waals surface area (Å²) in [4.78, 5) is 23.3. The first-order chi connectivity index (χ1) is 10.5. The van der Waals surface area contributed by atoms with E-state index in [-0.39, 0.29) is 22.4 Å². The van der Waals surface area contributed by atoms with Crippen LogP contribution in [0, 0.1) is 11.3 Å². The molecule has 0 radical (unpaired) electrons. The van der Waals surface area contributed by atoms with Gasteiger partial charge in [-0.2, -0.15) is 5.26 Å². The highest BCUT2D eigenvalue weighted by Gasteiger charge is 2.29. The number of nitrogens with zero attached hydrogens (tertiary/aromatic N) is 1. The van der Waals surface area contributed by atoms with Crippen LogP contribution in [0.5, 0.6) is 5.75 Å². The Balaban J connectivity index is 2.21. The Bertz CT molecular complexity index is 664. The number of methoxy groups -OCH3 is 1. The van der Waals surface area contributed by atoms with Gasteiger partial charge in [0.05, 0.1) is 17.1 Å². The van der Waals surface area contributed by atoms with Crippen molar-refractivity contribution in [3.8, 4) is 11.8 Å². The summed E-state index contributed by atoms with van der Waals surface area (Å²) in [6.45, 7) is 0. The molecule has 1 amide bonds. The van der Waals surface area contributed by atoms with Gasteiger partial charge in [-0.25, -0.2) is 0 Å². The normalized spacial score (nSPS) is 17.6. The van der Waals surface area contributed by atoms with Crippen LogP contribution in [-0.2, 0) is 14.3 Å². The minimum absolute atomic E-state index is 0.00562. The molecule has 1 atom stereocenters. The van der Waals surface area contributed by atoms with E-state index in [0.717, 1.165) is 17.3 Å². The number of carbonyl (C=O) groups is 2. The SMILES string of the molecule is COC(=O)CSC1=C(C#N)C(=O)N[C@@H](c2ccc(O)cc2)S1. The van der Waals surface area contributed by atoms with E-state index in [9.17, 15) is 14.7 Å². The second-order valence-corrected chi connectivity index (χ2v) is 6.56. The Morgan fingerprint density at radius 1 is 1.50 bits per heavy atom. The molecule has 0 aromatic heterocycles.